The number of aromatic nitrogens is 2. The summed E-state index contributed by atoms with van der Waals surface area (Å²) in [5.41, 5.74) is 1.40. The Morgan fingerprint density at radius 2 is 1.79 bits per heavy atom. The lowest BCUT2D eigenvalue weighted by Gasteiger charge is -2.35. The summed E-state index contributed by atoms with van der Waals surface area (Å²) in [7, 11) is 0. The fourth-order valence-corrected chi connectivity index (χ4v) is 4.02. The minimum Gasteiger partial charge on any atom is -0.342 e. The van der Waals surface area contributed by atoms with Crippen molar-refractivity contribution in [2.75, 3.05) is 51.1 Å². The quantitative estimate of drug-likeness (QED) is 0.830. The molecule has 2 saturated heterocycles. The van der Waals surface area contributed by atoms with Gasteiger partial charge in [-0.2, -0.15) is 5.10 Å². The summed E-state index contributed by atoms with van der Waals surface area (Å²) in [4.78, 5) is 30.7. The molecule has 2 fully saturated rings. The maximum atomic E-state index is 12.6. The number of nitrogens with one attached hydrogen (secondary N) is 1. The zero-order chi connectivity index (χ0) is 20.2. The number of carbonyl (C=O) groups excluding carboxylic acids is 2. The third-order valence-corrected chi connectivity index (χ3v) is 5.73. The molecule has 4 rings (SSSR count). The minimum absolute atomic E-state index is 0.154. The zero-order valence-electron chi connectivity index (χ0n) is 16.3. The van der Waals surface area contributed by atoms with E-state index in [1.807, 2.05) is 29.3 Å². The molecule has 29 heavy (non-hydrogen) atoms. The van der Waals surface area contributed by atoms with Crippen LogP contribution in [0.5, 0.6) is 0 Å². The lowest BCUT2D eigenvalue weighted by atomic mass is 10.2. The molecule has 3 heterocycles. The highest BCUT2D eigenvalue weighted by Gasteiger charge is 2.25. The van der Waals surface area contributed by atoms with Gasteiger partial charge in [-0.15, -0.1) is 0 Å². The number of benzene rings is 1. The van der Waals surface area contributed by atoms with Crippen molar-refractivity contribution < 1.29 is 9.59 Å². The number of hydrogen-bond donors (Lipinski definition) is 1. The molecule has 0 radical (unpaired) electrons. The summed E-state index contributed by atoms with van der Waals surface area (Å²) in [6.07, 6.45) is 5.71. The lowest BCUT2D eigenvalue weighted by Crippen LogP contribution is -2.52. The van der Waals surface area contributed by atoms with Crippen LogP contribution >= 0.6 is 11.6 Å². The van der Waals surface area contributed by atoms with Gasteiger partial charge in [0.2, 0.25) is 5.91 Å². The first kappa shape index (κ1) is 19.7. The Labute approximate surface area is 175 Å². The third kappa shape index (κ3) is 4.71. The molecule has 2 aromatic rings. The van der Waals surface area contributed by atoms with E-state index in [-0.39, 0.29) is 11.9 Å². The predicted octanol–water partition coefficient (Wildman–Crippen LogP) is 2.30. The van der Waals surface area contributed by atoms with E-state index >= 15 is 0 Å². The molecule has 0 saturated carbocycles. The van der Waals surface area contributed by atoms with Crippen LogP contribution in [0.3, 0.4) is 0 Å². The van der Waals surface area contributed by atoms with Crippen LogP contribution in [0.2, 0.25) is 5.02 Å². The van der Waals surface area contributed by atoms with E-state index in [1.54, 1.807) is 21.8 Å². The molecular weight excluding hydrogens is 392 g/mol. The molecule has 0 aliphatic carbocycles. The van der Waals surface area contributed by atoms with Crippen molar-refractivity contribution in [1.82, 2.24) is 24.5 Å². The van der Waals surface area contributed by atoms with Gasteiger partial charge in [0.1, 0.15) is 0 Å². The Morgan fingerprint density at radius 1 is 1.03 bits per heavy atom. The summed E-state index contributed by atoms with van der Waals surface area (Å²) < 4.78 is 1.68. The molecule has 2 aliphatic rings. The van der Waals surface area contributed by atoms with E-state index < -0.39 is 0 Å². The Morgan fingerprint density at radius 3 is 2.45 bits per heavy atom. The number of amides is 3. The molecule has 0 atom stereocenters. The van der Waals surface area contributed by atoms with Gasteiger partial charge >= 0.3 is 6.03 Å². The van der Waals surface area contributed by atoms with Crippen LogP contribution in [0.15, 0.2) is 36.7 Å². The Kier molecular flexibility index (Phi) is 6.01. The number of anilines is 1. The first-order valence-electron chi connectivity index (χ1n) is 9.96. The van der Waals surface area contributed by atoms with Crippen LogP contribution < -0.4 is 5.32 Å². The monoisotopic (exact) mass is 416 g/mol. The molecule has 9 heteroatoms. The van der Waals surface area contributed by atoms with E-state index in [0.717, 1.165) is 31.6 Å². The molecule has 1 aromatic heterocycles. The van der Waals surface area contributed by atoms with Crippen molar-refractivity contribution in [3.63, 3.8) is 0 Å². The first-order chi connectivity index (χ1) is 14.1. The molecule has 0 unspecified atom stereocenters. The summed E-state index contributed by atoms with van der Waals surface area (Å²) in [5.74, 6) is 0.201. The number of halogens is 1. The van der Waals surface area contributed by atoms with E-state index in [9.17, 15) is 9.59 Å². The van der Waals surface area contributed by atoms with Crippen LogP contribution in [0.25, 0.3) is 5.69 Å². The van der Waals surface area contributed by atoms with Gasteiger partial charge in [0.25, 0.3) is 0 Å². The van der Waals surface area contributed by atoms with Gasteiger partial charge in [0, 0.05) is 57.3 Å². The van der Waals surface area contributed by atoms with E-state index in [4.69, 9.17) is 11.6 Å². The fraction of sp³-hybridized carbons (Fsp3) is 0.450. The second-order valence-corrected chi connectivity index (χ2v) is 7.81. The lowest BCUT2D eigenvalue weighted by molar-refractivity contribution is -0.131. The van der Waals surface area contributed by atoms with E-state index in [0.29, 0.717) is 43.4 Å². The van der Waals surface area contributed by atoms with Gasteiger partial charge in [0.15, 0.2) is 0 Å². The second-order valence-electron chi connectivity index (χ2n) is 7.40. The van der Waals surface area contributed by atoms with Crippen molar-refractivity contribution in [3.8, 4) is 5.69 Å². The number of hydrogen-bond acceptors (Lipinski definition) is 4. The molecule has 0 spiro atoms. The average molecular weight is 417 g/mol. The second kappa shape index (κ2) is 8.84. The number of urea groups is 1. The minimum atomic E-state index is -0.154. The van der Waals surface area contributed by atoms with Gasteiger partial charge in [0.05, 0.1) is 17.3 Å². The normalized spacial score (nSPS) is 17.6. The van der Waals surface area contributed by atoms with E-state index in [1.165, 1.54) is 0 Å². The maximum absolute atomic E-state index is 12.6. The number of rotatable bonds is 4. The average Bonchev–Trinajstić information content (AvgIpc) is 3.43. The van der Waals surface area contributed by atoms with Crippen molar-refractivity contribution in [2.45, 2.75) is 12.8 Å². The molecule has 8 nitrogen and oxygen atoms in total. The summed E-state index contributed by atoms with van der Waals surface area (Å²) in [5, 5.41) is 7.58. The van der Waals surface area contributed by atoms with Crippen LogP contribution in [0.1, 0.15) is 12.8 Å². The fourth-order valence-electron chi connectivity index (χ4n) is 3.75. The number of likely N-dealkylation sites (tertiary alicyclic amines) is 1. The zero-order valence-corrected chi connectivity index (χ0v) is 17.0. The van der Waals surface area contributed by atoms with Gasteiger partial charge in [-0.25, -0.2) is 9.48 Å². The topological polar surface area (TPSA) is 73.7 Å². The van der Waals surface area contributed by atoms with Crippen LogP contribution in [-0.4, -0.2) is 82.2 Å². The number of piperazine rings is 1. The van der Waals surface area contributed by atoms with Crippen molar-refractivity contribution in [2.24, 2.45) is 0 Å². The largest absolute Gasteiger partial charge is 0.342 e. The summed E-state index contributed by atoms with van der Waals surface area (Å²) in [6.45, 7) is 4.79. The highest BCUT2D eigenvalue weighted by Crippen LogP contribution is 2.24. The first-order valence-corrected chi connectivity index (χ1v) is 10.3. The predicted molar refractivity (Wildman–Crippen MR) is 111 cm³/mol. The summed E-state index contributed by atoms with van der Waals surface area (Å²) >= 11 is 6.34. The highest BCUT2D eigenvalue weighted by molar-refractivity contribution is 6.32. The molecule has 1 aromatic carbocycles. The number of nitrogens with zero attached hydrogens (tertiary/aromatic N) is 5. The summed E-state index contributed by atoms with van der Waals surface area (Å²) in [6, 6.07) is 7.03. The number of carbonyl (C=O) groups is 2. The molecule has 3 amide bonds. The Bertz CT molecular complexity index is 858. The highest BCUT2D eigenvalue weighted by atomic mass is 35.5. The van der Waals surface area contributed by atoms with Crippen LogP contribution in [0.4, 0.5) is 10.5 Å². The SMILES string of the molecule is O=C(CN1CCN(C(=O)Nc2ccc(-n3cccn3)c(Cl)c2)CC1)N1CCCC1. The van der Waals surface area contributed by atoms with Gasteiger partial charge in [-0.3, -0.25) is 9.69 Å². The molecular formula is C20H25ClN6O2. The smallest absolute Gasteiger partial charge is 0.321 e. The van der Waals surface area contributed by atoms with E-state index in [2.05, 4.69) is 15.3 Å². The van der Waals surface area contributed by atoms with Crippen molar-refractivity contribution >= 4 is 29.2 Å². The molecule has 0 bridgehead atoms. The Hall–Kier alpha value is -2.58. The standard InChI is InChI=1S/C20H25ClN6O2/c21-17-14-16(4-5-18(17)27-9-3-6-22-27)23-20(29)26-12-10-24(11-13-26)15-19(28)25-7-1-2-8-25/h3-6,9,14H,1-2,7-8,10-13,15H2,(H,23,29). The van der Waals surface area contributed by atoms with Crippen molar-refractivity contribution in [1.29, 1.82) is 0 Å². The molecule has 2 aliphatic heterocycles. The van der Waals surface area contributed by atoms with Crippen LogP contribution in [0, 0.1) is 0 Å². The van der Waals surface area contributed by atoms with Gasteiger partial charge in [-0.1, -0.05) is 11.6 Å². The van der Waals surface area contributed by atoms with Crippen LogP contribution in [-0.2, 0) is 4.79 Å². The molecule has 1 N–H and O–H groups in total. The molecule has 154 valence electrons. The maximum Gasteiger partial charge on any atom is 0.321 e. The Balaban J connectivity index is 1.27. The third-order valence-electron chi connectivity index (χ3n) is 5.43. The van der Waals surface area contributed by atoms with Gasteiger partial charge in [-0.05, 0) is 37.1 Å². The van der Waals surface area contributed by atoms with Crippen molar-refractivity contribution in [3.05, 3.63) is 41.7 Å². The van der Waals surface area contributed by atoms with Gasteiger partial charge < -0.3 is 15.1 Å².